The van der Waals surface area contributed by atoms with Gasteiger partial charge in [-0.3, -0.25) is 9.79 Å². The van der Waals surface area contributed by atoms with Crippen LogP contribution in [0.5, 0.6) is 0 Å². The predicted octanol–water partition coefficient (Wildman–Crippen LogP) is 2.21. The molecule has 2 aromatic rings. The van der Waals surface area contributed by atoms with E-state index in [0.717, 1.165) is 29.7 Å². The Labute approximate surface area is 123 Å². The maximum atomic E-state index is 12.4. The fourth-order valence-corrected chi connectivity index (χ4v) is 2.51. The number of fused-ring (bicyclic) bond motifs is 1. The molecule has 1 atom stereocenters. The Morgan fingerprint density at radius 1 is 1.33 bits per heavy atom. The van der Waals surface area contributed by atoms with Crippen molar-refractivity contribution in [1.82, 2.24) is 4.57 Å². The summed E-state index contributed by atoms with van der Waals surface area (Å²) in [6.45, 7) is 2.73. The van der Waals surface area contributed by atoms with E-state index in [1.54, 1.807) is 11.6 Å². The van der Waals surface area contributed by atoms with Crippen LogP contribution in [0.25, 0.3) is 10.9 Å². The number of amidine groups is 1. The van der Waals surface area contributed by atoms with Crippen molar-refractivity contribution < 1.29 is 0 Å². The van der Waals surface area contributed by atoms with Gasteiger partial charge < -0.3 is 9.88 Å². The molecule has 1 aliphatic rings. The number of pyridine rings is 1. The molecule has 108 valence electrons. The van der Waals surface area contributed by atoms with Crippen LogP contribution >= 0.6 is 0 Å². The summed E-state index contributed by atoms with van der Waals surface area (Å²) in [6, 6.07) is 9.65. The van der Waals surface area contributed by atoms with E-state index >= 15 is 0 Å². The number of hydrogen-bond acceptors (Lipinski definition) is 4. The molecule has 21 heavy (non-hydrogen) atoms. The van der Waals surface area contributed by atoms with Gasteiger partial charge in [-0.2, -0.15) is 0 Å². The minimum atomic E-state index is -0.0876. The fourth-order valence-electron chi connectivity index (χ4n) is 2.51. The van der Waals surface area contributed by atoms with Gasteiger partial charge in [0.25, 0.3) is 5.56 Å². The van der Waals surface area contributed by atoms with E-state index in [9.17, 15) is 4.79 Å². The van der Waals surface area contributed by atoms with Gasteiger partial charge in [0.05, 0.1) is 11.6 Å². The molecule has 5 heteroatoms. The van der Waals surface area contributed by atoms with Gasteiger partial charge in [-0.05, 0) is 19.1 Å². The van der Waals surface area contributed by atoms with Crippen molar-refractivity contribution in [2.45, 2.75) is 19.4 Å². The van der Waals surface area contributed by atoms with Crippen LogP contribution in [0.3, 0.4) is 0 Å². The third-order valence-corrected chi connectivity index (χ3v) is 3.65. The largest absolute Gasteiger partial charge is 0.371 e. The summed E-state index contributed by atoms with van der Waals surface area (Å²) in [5.74, 6) is 0.747. The molecule has 1 unspecified atom stereocenters. The highest BCUT2D eigenvalue weighted by atomic mass is 16.1. The van der Waals surface area contributed by atoms with Gasteiger partial charge in [0.15, 0.2) is 0 Å². The lowest BCUT2D eigenvalue weighted by Gasteiger charge is -2.17. The second kappa shape index (κ2) is 5.52. The first kappa shape index (κ1) is 13.5. The zero-order chi connectivity index (χ0) is 14.8. The van der Waals surface area contributed by atoms with Crippen LogP contribution in [0.2, 0.25) is 0 Å². The molecule has 0 saturated heterocycles. The van der Waals surface area contributed by atoms with E-state index in [-0.39, 0.29) is 11.6 Å². The molecule has 1 N–H and O–H groups in total. The number of nitrogens with one attached hydrogen (secondary N) is 1. The molecule has 1 aromatic heterocycles. The molecule has 5 nitrogen and oxygen atoms in total. The summed E-state index contributed by atoms with van der Waals surface area (Å²) in [7, 11) is 1.79. The smallest absolute Gasteiger partial charge is 0.274 e. The Morgan fingerprint density at radius 3 is 2.90 bits per heavy atom. The summed E-state index contributed by atoms with van der Waals surface area (Å²) in [5.41, 5.74) is 1.46. The zero-order valence-corrected chi connectivity index (χ0v) is 12.2. The van der Waals surface area contributed by atoms with Crippen LogP contribution in [0.4, 0.5) is 5.69 Å². The highest BCUT2D eigenvalue weighted by Gasteiger charge is 2.14. The maximum absolute atomic E-state index is 12.4. The van der Waals surface area contributed by atoms with Gasteiger partial charge in [0.2, 0.25) is 0 Å². The molecule has 0 spiro atoms. The molecule has 0 fully saturated rings. The summed E-state index contributed by atoms with van der Waals surface area (Å²) in [5, 5.41) is 4.27. The topological polar surface area (TPSA) is 58.8 Å². The number of rotatable bonds is 3. The quantitative estimate of drug-likeness (QED) is 0.938. The highest BCUT2D eigenvalue weighted by Crippen LogP contribution is 2.15. The van der Waals surface area contributed by atoms with E-state index in [2.05, 4.69) is 15.3 Å². The van der Waals surface area contributed by atoms with Gasteiger partial charge in [-0.25, -0.2) is 4.99 Å². The SMILES string of the molecule is CC(Nc1cc2ccccc2n(C)c1=O)C1=NCCC=N1. The first-order valence-corrected chi connectivity index (χ1v) is 7.09. The zero-order valence-electron chi connectivity index (χ0n) is 12.2. The van der Waals surface area contributed by atoms with E-state index in [0.29, 0.717) is 5.69 Å². The number of aromatic nitrogens is 1. The van der Waals surface area contributed by atoms with Crippen molar-refractivity contribution in [2.75, 3.05) is 11.9 Å². The third-order valence-electron chi connectivity index (χ3n) is 3.65. The van der Waals surface area contributed by atoms with E-state index < -0.39 is 0 Å². The Balaban J connectivity index is 1.97. The number of aryl methyl sites for hydroxylation is 1. The number of hydrogen-bond donors (Lipinski definition) is 1. The molecule has 0 amide bonds. The van der Waals surface area contributed by atoms with E-state index in [1.807, 2.05) is 43.5 Å². The van der Waals surface area contributed by atoms with Crippen LogP contribution in [0, 0.1) is 0 Å². The molecule has 3 rings (SSSR count). The van der Waals surface area contributed by atoms with Gasteiger partial charge in [-0.15, -0.1) is 0 Å². The standard InChI is InChI=1S/C16H18N4O/c1-11(15-17-8-5-9-18-15)19-13-10-12-6-3-4-7-14(12)20(2)16(13)21/h3-4,6-8,10-11,19H,5,9H2,1-2H3. The highest BCUT2D eigenvalue weighted by molar-refractivity contribution is 5.96. The molecule has 1 aromatic carbocycles. The number of nitrogens with zero attached hydrogens (tertiary/aromatic N) is 3. The number of benzene rings is 1. The third kappa shape index (κ3) is 2.59. The molecule has 1 aliphatic heterocycles. The lowest BCUT2D eigenvalue weighted by Crippen LogP contribution is -2.31. The monoisotopic (exact) mass is 282 g/mol. The van der Waals surface area contributed by atoms with E-state index in [1.165, 1.54) is 0 Å². The van der Waals surface area contributed by atoms with Crippen molar-refractivity contribution in [3.05, 3.63) is 40.7 Å². The second-order valence-corrected chi connectivity index (χ2v) is 5.19. The maximum Gasteiger partial charge on any atom is 0.274 e. The van der Waals surface area contributed by atoms with Crippen molar-refractivity contribution >= 4 is 28.6 Å². The number of para-hydroxylation sites is 1. The van der Waals surface area contributed by atoms with Crippen LogP contribution in [0.15, 0.2) is 45.1 Å². The van der Waals surface area contributed by atoms with Crippen molar-refractivity contribution in [3.8, 4) is 0 Å². The Kier molecular flexibility index (Phi) is 3.56. The minimum Gasteiger partial charge on any atom is -0.371 e. The van der Waals surface area contributed by atoms with Crippen molar-refractivity contribution in [1.29, 1.82) is 0 Å². The molecule has 0 aliphatic carbocycles. The van der Waals surface area contributed by atoms with Crippen molar-refractivity contribution in [2.24, 2.45) is 17.0 Å². The Hall–Kier alpha value is -2.43. The van der Waals surface area contributed by atoms with Gasteiger partial charge in [0, 0.05) is 31.6 Å². The predicted molar refractivity (Wildman–Crippen MR) is 87.7 cm³/mol. The fraction of sp³-hybridized carbons (Fsp3) is 0.312. The molecule has 0 radical (unpaired) electrons. The lowest BCUT2D eigenvalue weighted by atomic mass is 10.2. The molecule has 2 heterocycles. The minimum absolute atomic E-state index is 0.0408. The molecular weight excluding hydrogens is 264 g/mol. The van der Waals surface area contributed by atoms with Gasteiger partial charge in [0.1, 0.15) is 11.5 Å². The molecule has 0 saturated carbocycles. The first-order chi connectivity index (χ1) is 10.2. The summed E-state index contributed by atoms with van der Waals surface area (Å²) in [6.07, 6.45) is 2.76. The van der Waals surface area contributed by atoms with E-state index in [4.69, 9.17) is 0 Å². The summed E-state index contributed by atoms with van der Waals surface area (Å²) in [4.78, 5) is 21.1. The number of aliphatic imine (C=N–C) groups is 2. The van der Waals surface area contributed by atoms with Crippen LogP contribution in [-0.4, -0.2) is 29.2 Å². The summed E-state index contributed by atoms with van der Waals surface area (Å²) < 4.78 is 1.66. The normalized spacial score (nSPS) is 15.8. The molecule has 0 bridgehead atoms. The van der Waals surface area contributed by atoms with Crippen LogP contribution < -0.4 is 10.9 Å². The van der Waals surface area contributed by atoms with Gasteiger partial charge >= 0.3 is 0 Å². The molecular formula is C16H18N4O. The Bertz CT molecular complexity index is 788. The second-order valence-electron chi connectivity index (χ2n) is 5.19. The Morgan fingerprint density at radius 2 is 2.14 bits per heavy atom. The lowest BCUT2D eigenvalue weighted by molar-refractivity contribution is 0.894. The van der Waals surface area contributed by atoms with Crippen LogP contribution in [-0.2, 0) is 7.05 Å². The van der Waals surface area contributed by atoms with Crippen molar-refractivity contribution in [3.63, 3.8) is 0 Å². The van der Waals surface area contributed by atoms with Crippen LogP contribution in [0.1, 0.15) is 13.3 Å². The average Bonchev–Trinajstić information content (AvgIpc) is 2.53. The number of anilines is 1. The summed E-state index contributed by atoms with van der Waals surface area (Å²) >= 11 is 0. The average molecular weight is 282 g/mol. The van der Waals surface area contributed by atoms with Gasteiger partial charge in [-0.1, -0.05) is 18.2 Å². The first-order valence-electron chi connectivity index (χ1n) is 7.09.